The van der Waals surface area contributed by atoms with Crippen LogP contribution in [0.25, 0.3) is 0 Å². The molecule has 0 unspecified atom stereocenters. The number of unbranched alkanes of at least 4 members (excludes halogenated alkanes) is 3. The van der Waals surface area contributed by atoms with E-state index in [1.165, 1.54) is 0 Å². The molecule has 0 aliphatic carbocycles. The van der Waals surface area contributed by atoms with Gasteiger partial charge in [0.2, 0.25) is 5.91 Å². The number of carboxylic acids is 2. The minimum Gasteiger partial charge on any atom is -0.481 e. The lowest BCUT2D eigenvalue weighted by molar-refractivity contribution is -0.143. The molecule has 0 heterocycles. The van der Waals surface area contributed by atoms with Crippen LogP contribution in [0.2, 0.25) is 0 Å². The maximum absolute atomic E-state index is 11.8. The van der Waals surface area contributed by atoms with E-state index in [1.54, 1.807) is 0 Å². The molecule has 1 amide bonds. The van der Waals surface area contributed by atoms with Crippen molar-refractivity contribution in [1.29, 1.82) is 0 Å². The van der Waals surface area contributed by atoms with Gasteiger partial charge >= 0.3 is 11.9 Å². The zero-order valence-corrected chi connectivity index (χ0v) is 20.0. The third-order valence-electron chi connectivity index (χ3n) is 4.71. The average molecular weight is 460 g/mol. The van der Waals surface area contributed by atoms with Crippen molar-refractivity contribution in [3.63, 3.8) is 0 Å². The first-order valence-electron chi connectivity index (χ1n) is 12.0. The molecule has 0 aliphatic rings. The molecule has 0 spiro atoms. The van der Waals surface area contributed by atoms with E-state index in [0.717, 1.165) is 51.4 Å². The van der Waals surface area contributed by atoms with E-state index in [0.29, 0.717) is 6.42 Å². The van der Waals surface area contributed by atoms with Gasteiger partial charge in [-0.05, 0) is 57.8 Å². The van der Waals surface area contributed by atoms with Gasteiger partial charge in [-0.3, -0.25) is 9.59 Å². The molecule has 6 heteroatoms. The molecule has 0 aliphatic heterocycles. The summed E-state index contributed by atoms with van der Waals surface area (Å²) in [5.74, 6) is -2.63. The molecule has 0 aromatic heterocycles. The minimum atomic E-state index is -1.21. The number of carbonyl (C=O) groups is 3. The second-order valence-electron chi connectivity index (χ2n) is 7.70. The van der Waals surface area contributed by atoms with Gasteiger partial charge in [0.1, 0.15) is 6.04 Å². The fraction of sp³-hybridized carbons (Fsp3) is 0.519. The van der Waals surface area contributed by atoms with E-state index in [9.17, 15) is 14.4 Å². The summed E-state index contributed by atoms with van der Waals surface area (Å²) in [7, 11) is 0. The van der Waals surface area contributed by atoms with Crippen molar-refractivity contribution in [2.24, 2.45) is 0 Å². The lowest BCUT2D eigenvalue weighted by atomic mass is 10.1. The smallest absolute Gasteiger partial charge is 0.326 e. The highest BCUT2D eigenvalue weighted by Gasteiger charge is 2.20. The van der Waals surface area contributed by atoms with Crippen LogP contribution in [0.3, 0.4) is 0 Å². The summed E-state index contributed by atoms with van der Waals surface area (Å²) in [6, 6.07) is -1.14. The van der Waals surface area contributed by atoms with E-state index >= 15 is 0 Å². The fourth-order valence-corrected chi connectivity index (χ4v) is 2.88. The third kappa shape index (κ3) is 22.1. The highest BCUT2D eigenvalue weighted by atomic mass is 16.4. The SMILES string of the molecule is CC/C=C\C/C=C\C/C=C\C/C=C\C/C=C\CCCCCC(=O)N[C@@H](CCC(=O)O)C(=O)O. The lowest BCUT2D eigenvalue weighted by Gasteiger charge is -2.13. The van der Waals surface area contributed by atoms with Crippen molar-refractivity contribution in [3.05, 3.63) is 60.8 Å². The van der Waals surface area contributed by atoms with Gasteiger partial charge in [-0.1, -0.05) is 74.1 Å². The van der Waals surface area contributed by atoms with Crippen molar-refractivity contribution in [2.75, 3.05) is 0 Å². The Morgan fingerprint density at radius 3 is 1.70 bits per heavy atom. The Labute approximate surface area is 198 Å². The van der Waals surface area contributed by atoms with Crippen LogP contribution in [0, 0.1) is 0 Å². The second kappa shape index (κ2) is 22.3. The Bertz CT molecular complexity index is 689. The molecule has 0 saturated heterocycles. The standard InChI is InChI=1S/C27H41NO5/c1-2-3-4-5-6-7-8-9-10-11-12-13-14-15-16-17-18-19-20-21-25(29)28-24(27(32)33)22-23-26(30)31/h3-4,6-7,9-10,12-13,15-16,24H,2,5,8,11,14,17-23H2,1H3,(H,28,29)(H,30,31)(H,32,33)/b4-3-,7-6-,10-9-,13-12-,16-15-/t24-/m0/s1. The van der Waals surface area contributed by atoms with Crippen LogP contribution in [0.15, 0.2) is 60.8 Å². The number of rotatable bonds is 20. The van der Waals surface area contributed by atoms with E-state index in [4.69, 9.17) is 10.2 Å². The Morgan fingerprint density at radius 2 is 1.21 bits per heavy atom. The van der Waals surface area contributed by atoms with Crippen molar-refractivity contribution in [3.8, 4) is 0 Å². The molecule has 0 bridgehead atoms. The van der Waals surface area contributed by atoms with Crippen molar-refractivity contribution in [2.45, 2.75) is 90.0 Å². The van der Waals surface area contributed by atoms with Gasteiger partial charge in [-0.25, -0.2) is 4.79 Å². The van der Waals surface area contributed by atoms with Crippen LogP contribution >= 0.6 is 0 Å². The first-order chi connectivity index (χ1) is 16.0. The van der Waals surface area contributed by atoms with Crippen molar-refractivity contribution in [1.82, 2.24) is 5.32 Å². The summed E-state index contributed by atoms with van der Waals surface area (Å²) in [4.78, 5) is 33.5. The summed E-state index contributed by atoms with van der Waals surface area (Å²) >= 11 is 0. The van der Waals surface area contributed by atoms with Gasteiger partial charge in [0, 0.05) is 12.8 Å². The van der Waals surface area contributed by atoms with Gasteiger partial charge in [0.05, 0.1) is 0 Å². The van der Waals surface area contributed by atoms with Crippen LogP contribution in [0.1, 0.15) is 84.0 Å². The number of hydrogen-bond donors (Lipinski definition) is 3. The molecular formula is C27H41NO5. The number of aliphatic carboxylic acids is 2. The molecule has 0 aromatic rings. The van der Waals surface area contributed by atoms with E-state index < -0.39 is 18.0 Å². The van der Waals surface area contributed by atoms with Crippen LogP contribution in [-0.2, 0) is 14.4 Å². The average Bonchev–Trinajstić information content (AvgIpc) is 2.77. The van der Waals surface area contributed by atoms with Crippen molar-refractivity contribution < 1.29 is 24.6 Å². The molecule has 3 N–H and O–H groups in total. The Balaban J connectivity index is 3.71. The molecule has 0 rings (SSSR count). The Hall–Kier alpha value is -2.89. The summed E-state index contributed by atoms with van der Waals surface area (Å²) in [6.07, 6.45) is 29.9. The zero-order valence-electron chi connectivity index (χ0n) is 20.0. The summed E-state index contributed by atoms with van der Waals surface area (Å²) in [5, 5.41) is 20.1. The van der Waals surface area contributed by atoms with Gasteiger partial charge in [0.15, 0.2) is 0 Å². The quantitative estimate of drug-likeness (QED) is 0.150. The van der Waals surface area contributed by atoms with Gasteiger partial charge in [0.25, 0.3) is 0 Å². The molecule has 0 radical (unpaired) electrons. The summed E-state index contributed by atoms with van der Waals surface area (Å²) in [6.45, 7) is 2.14. The lowest BCUT2D eigenvalue weighted by Crippen LogP contribution is -2.41. The highest BCUT2D eigenvalue weighted by molar-refractivity contribution is 5.83. The third-order valence-corrected chi connectivity index (χ3v) is 4.71. The minimum absolute atomic E-state index is 0.111. The topological polar surface area (TPSA) is 104 Å². The van der Waals surface area contributed by atoms with Crippen LogP contribution < -0.4 is 5.32 Å². The van der Waals surface area contributed by atoms with E-state index in [-0.39, 0.29) is 25.2 Å². The second-order valence-corrected chi connectivity index (χ2v) is 7.70. The molecule has 0 saturated carbocycles. The predicted molar refractivity (Wildman–Crippen MR) is 134 cm³/mol. The normalized spacial score (nSPS) is 13.1. The highest BCUT2D eigenvalue weighted by Crippen LogP contribution is 2.06. The van der Waals surface area contributed by atoms with Gasteiger partial charge in [-0.15, -0.1) is 0 Å². The number of amides is 1. The summed E-state index contributed by atoms with van der Waals surface area (Å²) < 4.78 is 0. The number of carbonyl (C=O) groups excluding carboxylic acids is 1. The molecule has 0 fully saturated rings. The monoisotopic (exact) mass is 459 g/mol. The molecular weight excluding hydrogens is 418 g/mol. The number of hydrogen-bond acceptors (Lipinski definition) is 3. The molecule has 184 valence electrons. The van der Waals surface area contributed by atoms with Crippen LogP contribution in [-0.4, -0.2) is 34.1 Å². The Morgan fingerprint density at radius 1 is 0.697 bits per heavy atom. The van der Waals surface area contributed by atoms with E-state index in [1.807, 2.05) is 0 Å². The Kier molecular flexibility index (Phi) is 20.4. The predicted octanol–water partition coefficient (Wildman–Crippen LogP) is 6.12. The van der Waals surface area contributed by atoms with Crippen LogP contribution in [0.4, 0.5) is 0 Å². The zero-order chi connectivity index (χ0) is 24.6. The molecule has 1 atom stereocenters. The first-order valence-corrected chi connectivity index (χ1v) is 12.0. The maximum atomic E-state index is 11.8. The largest absolute Gasteiger partial charge is 0.481 e. The molecule has 33 heavy (non-hydrogen) atoms. The molecule has 0 aromatic carbocycles. The first kappa shape index (κ1) is 30.1. The number of carboxylic acid groups (broad SMARTS) is 2. The van der Waals surface area contributed by atoms with E-state index in [2.05, 4.69) is 73.0 Å². The van der Waals surface area contributed by atoms with Crippen molar-refractivity contribution >= 4 is 17.8 Å². The summed E-state index contributed by atoms with van der Waals surface area (Å²) in [5.41, 5.74) is 0. The number of nitrogens with one attached hydrogen (secondary N) is 1. The van der Waals surface area contributed by atoms with Gasteiger partial charge < -0.3 is 15.5 Å². The number of allylic oxidation sites excluding steroid dienone is 10. The van der Waals surface area contributed by atoms with Gasteiger partial charge in [-0.2, -0.15) is 0 Å². The van der Waals surface area contributed by atoms with Crippen LogP contribution in [0.5, 0.6) is 0 Å². The molecule has 6 nitrogen and oxygen atoms in total. The fourth-order valence-electron chi connectivity index (χ4n) is 2.88. The maximum Gasteiger partial charge on any atom is 0.326 e.